The summed E-state index contributed by atoms with van der Waals surface area (Å²) in [6.45, 7) is 0. The molecule has 4 rings (SSSR count). The number of thioether (sulfide) groups is 1. The summed E-state index contributed by atoms with van der Waals surface area (Å²) >= 11 is 9.44. The lowest BCUT2D eigenvalue weighted by Crippen LogP contribution is -1.99. The molecule has 0 aliphatic rings. The van der Waals surface area contributed by atoms with Crippen molar-refractivity contribution in [3.63, 3.8) is 0 Å². The number of hydrogen-bond donors (Lipinski definition) is 0. The molecule has 3 nitrogen and oxygen atoms in total. The van der Waals surface area contributed by atoms with E-state index in [0.717, 1.165) is 38.7 Å². The second-order valence-electron chi connectivity index (χ2n) is 5.68. The van der Waals surface area contributed by atoms with Gasteiger partial charge in [0.1, 0.15) is 0 Å². The first kappa shape index (κ1) is 17.3. The van der Waals surface area contributed by atoms with E-state index in [1.165, 1.54) is 5.56 Å². The second kappa shape index (κ2) is 8.08. The molecule has 2 aromatic heterocycles. The summed E-state index contributed by atoms with van der Waals surface area (Å²) in [5.41, 5.74) is 2.35. The third-order valence-corrected chi connectivity index (χ3v) is 5.97. The summed E-state index contributed by atoms with van der Waals surface area (Å²) in [6, 6.07) is 22.4. The third-order valence-electron chi connectivity index (χ3n) is 3.92. The maximum atomic E-state index is 6.06. The second-order valence-corrected chi connectivity index (χ2v) is 8.13. The van der Waals surface area contributed by atoms with E-state index in [2.05, 4.69) is 50.5 Å². The Kier molecular flexibility index (Phi) is 5.39. The lowest BCUT2D eigenvalue weighted by molar-refractivity contribution is 0.885. The number of nitrogens with zero attached hydrogens (tertiary/aromatic N) is 3. The summed E-state index contributed by atoms with van der Waals surface area (Å²) in [5.74, 6) is 1.81. The lowest BCUT2D eigenvalue weighted by atomic mass is 10.2. The van der Waals surface area contributed by atoms with Gasteiger partial charge in [-0.2, -0.15) is 0 Å². The maximum Gasteiger partial charge on any atom is 0.196 e. The van der Waals surface area contributed by atoms with Crippen LogP contribution in [0.15, 0.2) is 77.3 Å². The van der Waals surface area contributed by atoms with Crippen molar-refractivity contribution in [2.24, 2.45) is 0 Å². The van der Waals surface area contributed by atoms with Gasteiger partial charge in [-0.25, -0.2) is 0 Å². The van der Waals surface area contributed by atoms with E-state index in [-0.39, 0.29) is 0 Å². The Morgan fingerprint density at radius 1 is 0.923 bits per heavy atom. The van der Waals surface area contributed by atoms with E-state index in [4.69, 9.17) is 11.6 Å². The molecule has 0 aliphatic heterocycles. The molecule has 0 fully saturated rings. The predicted molar refractivity (Wildman–Crippen MR) is 111 cm³/mol. The Labute approximate surface area is 165 Å². The SMILES string of the molecule is Clc1ccc(-n2c(SCCc3ccccc3)nnc2-c2cccs2)cc1. The van der Waals surface area contributed by atoms with Gasteiger partial charge in [-0.1, -0.05) is 59.8 Å². The Balaban J connectivity index is 1.63. The lowest BCUT2D eigenvalue weighted by Gasteiger charge is -2.09. The van der Waals surface area contributed by atoms with Crippen molar-refractivity contribution in [2.75, 3.05) is 5.75 Å². The molecule has 0 amide bonds. The van der Waals surface area contributed by atoms with Crippen molar-refractivity contribution < 1.29 is 0 Å². The first-order valence-corrected chi connectivity index (χ1v) is 10.5. The first-order valence-electron chi connectivity index (χ1n) is 8.23. The van der Waals surface area contributed by atoms with Crippen molar-refractivity contribution >= 4 is 34.7 Å². The van der Waals surface area contributed by atoms with Crippen molar-refractivity contribution in [2.45, 2.75) is 11.6 Å². The average molecular weight is 398 g/mol. The minimum atomic E-state index is 0.720. The first-order chi connectivity index (χ1) is 12.8. The molecule has 2 heterocycles. The number of aromatic nitrogens is 3. The number of thiophene rings is 1. The van der Waals surface area contributed by atoms with Crippen molar-refractivity contribution in [3.05, 3.63) is 82.7 Å². The molecule has 0 radical (unpaired) electrons. The van der Waals surface area contributed by atoms with E-state index in [0.29, 0.717) is 0 Å². The van der Waals surface area contributed by atoms with Gasteiger partial charge in [-0.05, 0) is 47.7 Å². The zero-order valence-electron chi connectivity index (χ0n) is 13.9. The zero-order valence-corrected chi connectivity index (χ0v) is 16.3. The van der Waals surface area contributed by atoms with E-state index in [9.17, 15) is 0 Å². The van der Waals surface area contributed by atoms with Gasteiger partial charge in [0.2, 0.25) is 0 Å². The molecule has 0 atom stereocenters. The van der Waals surface area contributed by atoms with Crippen LogP contribution in [0.3, 0.4) is 0 Å². The van der Waals surface area contributed by atoms with Crippen molar-refractivity contribution in [1.29, 1.82) is 0 Å². The Bertz CT molecular complexity index is 964. The smallest absolute Gasteiger partial charge is 0.196 e. The highest BCUT2D eigenvalue weighted by molar-refractivity contribution is 7.99. The van der Waals surface area contributed by atoms with E-state index in [1.807, 2.05) is 36.4 Å². The number of benzene rings is 2. The molecule has 0 bridgehead atoms. The molecule has 0 aliphatic carbocycles. The van der Waals surface area contributed by atoms with Gasteiger partial charge in [0, 0.05) is 16.5 Å². The van der Waals surface area contributed by atoms with Crippen LogP contribution in [-0.2, 0) is 6.42 Å². The molecule has 2 aromatic carbocycles. The number of halogens is 1. The Morgan fingerprint density at radius 2 is 1.73 bits per heavy atom. The maximum absolute atomic E-state index is 6.06. The van der Waals surface area contributed by atoms with Crippen LogP contribution < -0.4 is 0 Å². The summed E-state index contributed by atoms with van der Waals surface area (Å²) in [6.07, 6.45) is 0.993. The molecule has 4 aromatic rings. The van der Waals surface area contributed by atoms with Crippen molar-refractivity contribution in [3.8, 4) is 16.4 Å². The predicted octanol–water partition coefficient (Wildman–Crippen LogP) is 5.98. The van der Waals surface area contributed by atoms with Gasteiger partial charge in [-0.3, -0.25) is 4.57 Å². The summed E-state index contributed by atoms with van der Waals surface area (Å²) in [5, 5.41) is 12.6. The van der Waals surface area contributed by atoms with E-state index >= 15 is 0 Å². The van der Waals surface area contributed by atoms with E-state index in [1.54, 1.807) is 23.1 Å². The molecule has 26 heavy (non-hydrogen) atoms. The summed E-state index contributed by atoms with van der Waals surface area (Å²) < 4.78 is 2.11. The molecule has 0 spiro atoms. The molecule has 6 heteroatoms. The fourth-order valence-electron chi connectivity index (χ4n) is 2.66. The van der Waals surface area contributed by atoms with Crippen LogP contribution in [0.25, 0.3) is 16.4 Å². The third kappa shape index (κ3) is 3.85. The van der Waals surface area contributed by atoms with Crippen LogP contribution in [0.2, 0.25) is 5.02 Å². The highest BCUT2D eigenvalue weighted by Gasteiger charge is 2.16. The molecule has 0 N–H and O–H groups in total. The summed E-state index contributed by atoms with van der Waals surface area (Å²) in [4.78, 5) is 1.10. The standard InChI is InChI=1S/C20H16ClN3S2/c21-16-8-10-17(11-9-16)24-19(18-7-4-13-25-18)22-23-20(24)26-14-12-15-5-2-1-3-6-15/h1-11,13H,12,14H2. The van der Waals surface area contributed by atoms with Crippen LogP contribution >= 0.6 is 34.7 Å². The Morgan fingerprint density at radius 3 is 2.46 bits per heavy atom. The van der Waals surface area contributed by atoms with Crippen molar-refractivity contribution in [1.82, 2.24) is 14.8 Å². The quantitative estimate of drug-likeness (QED) is 0.375. The number of hydrogen-bond acceptors (Lipinski definition) is 4. The molecular formula is C20H16ClN3S2. The van der Waals surface area contributed by atoms with Gasteiger partial charge in [0.25, 0.3) is 0 Å². The van der Waals surface area contributed by atoms with Gasteiger partial charge in [0.05, 0.1) is 4.88 Å². The average Bonchev–Trinajstić information content (AvgIpc) is 3.33. The molecule has 130 valence electrons. The van der Waals surface area contributed by atoms with Gasteiger partial charge >= 0.3 is 0 Å². The zero-order chi connectivity index (χ0) is 17.8. The fraction of sp³-hybridized carbons (Fsp3) is 0.100. The normalized spacial score (nSPS) is 11.0. The monoisotopic (exact) mass is 397 g/mol. The van der Waals surface area contributed by atoms with Gasteiger partial charge in [0.15, 0.2) is 11.0 Å². The largest absolute Gasteiger partial charge is 0.269 e. The minimum Gasteiger partial charge on any atom is -0.269 e. The highest BCUT2D eigenvalue weighted by Crippen LogP contribution is 2.31. The van der Waals surface area contributed by atoms with Crippen LogP contribution in [0, 0.1) is 0 Å². The minimum absolute atomic E-state index is 0.720. The molecule has 0 saturated carbocycles. The van der Waals surface area contributed by atoms with Gasteiger partial charge < -0.3 is 0 Å². The topological polar surface area (TPSA) is 30.7 Å². The highest BCUT2D eigenvalue weighted by atomic mass is 35.5. The number of rotatable bonds is 6. The Hall–Kier alpha value is -2.08. The van der Waals surface area contributed by atoms with E-state index < -0.39 is 0 Å². The van der Waals surface area contributed by atoms with Crippen LogP contribution in [0.5, 0.6) is 0 Å². The van der Waals surface area contributed by atoms with Crippen LogP contribution in [0.1, 0.15) is 5.56 Å². The molecule has 0 saturated heterocycles. The summed E-state index contributed by atoms with van der Waals surface area (Å²) in [7, 11) is 0. The van der Waals surface area contributed by atoms with Gasteiger partial charge in [-0.15, -0.1) is 21.5 Å². The van der Waals surface area contributed by atoms with Crippen LogP contribution in [-0.4, -0.2) is 20.5 Å². The molecule has 0 unspecified atom stereocenters. The molecular weight excluding hydrogens is 382 g/mol. The number of aryl methyl sites for hydroxylation is 1. The van der Waals surface area contributed by atoms with Crippen LogP contribution in [0.4, 0.5) is 0 Å². The fourth-order valence-corrected chi connectivity index (χ4v) is 4.42.